The molecule has 4 nitrogen and oxygen atoms in total. The fourth-order valence-electron chi connectivity index (χ4n) is 3.59. The quantitative estimate of drug-likeness (QED) is 0.199. The molecular formula is C36H41O4P2Ru. The molecule has 0 aliphatic heterocycles. The minimum atomic E-state index is -1.01. The summed E-state index contributed by atoms with van der Waals surface area (Å²) in [6.07, 6.45) is 0. The Morgan fingerprint density at radius 1 is 0.535 bits per heavy atom. The minimum absolute atomic E-state index is 0.490. The third-order valence-corrected chi connectivity index (χ3v) is 14.2. The van der Waals surface area contributed by atoms with Crippen LogP contribution in [-0.4, -0.2) is 17.3 Å². The fourth-order valence-corrected chi connectivity index (χ4v) is 12.2. The van der Waals surface area contributed by atoms with Gasteiger partial charge in [0.05, 0.1) is 0 Å². The van der Waals surface area contributed by atoms with Gasteiger partial charge < -0.3 is 19.8 Å². The summed E-state index contributed by atoms with van der Waals surface area (Å²) in [5.74, 6) is -2.01. The summed E-state index contributed by atoms with van der Waals surface area (Å²) in [6, 6.07) is 44.5. The third kappa shape index (κ3) is 12.1. The van der Waals surface area contributed by atoms with E-state index in [4.69, 9.17) is 0 Å². The van der Waals surface area contributed by atoms with E-state index in [2.05, 4.69) is 140 Å². The molecule has 4 aromatic rings. The molecule has 4 rings (SSSR count). The van der Waals surface area contributed by atoms with Gasteiger partial charge >= 0.3 is 187 Å². The summed E-state index contributed by atoms with van der Waals surface area (Å²) in [7, 11) is -0.979. The molecule has 7 heteroatoms. The second-order valence-electron chi connectivity index (χ2n) is 11.8. The Morgan fingerprint density at radius 2 is 0.721 bits per heavy atom. The molecular weight excluding hydrogens is 659 g/mol. The van der Waals surface area contributed by atoms with E-state index in [0.717, 1.165) is 5.02 Å². The second-order valence-corrected chi connectivity index (χ2v) is 17.7. The monoisotopic (exact) mass is 701 g/mol. The summed E-state index contributed by atoms with van der Waals surface area (Å²) in [5.41, 5.74) is -1.39. The first-order valence-electron chi connectivity index (χ1n) is 14.0. The van der Waals surface area contributed by atoms with Gasteiger partial charge in [-0.2, -0.15) is 0 Å². The zero-order valence-electron chi connectivity index (χ0n) is 25.7. The molecule has 0 radical (unpaired) electrons. The number of carbonyl (C=O) groups excluding carboxylic acids is 2. The molecule has 0 bridgehead atoms. The van der Waals surface area contributed by atoms with Gasteiger partial charge in [-0.15, -0.1) is 0 Å². The van der Waals surface area contributed by atoms with E-state index in [0.29, 0.717) is 5.40 Å². The van der Waals surface area contributed by atoms with Crippen LogP contribution in [0.25, 0.3) is 0 Å². The maximum atomic E-state index is 9.91. The summed E-state index contributed by atoms with van der Waals surface area (Å²) < 4.78 is 0. The number of benzene rings is 4. The van der Waals surface area contributed by atoms with Crippen LogP contribution in [-0.2, 0) is 27.9 Å². The zero-order chi connectivity index (χ0) is 32.0. The Hall–Kier alpha value is -2.70. The molecule has 0 amide bonds. The van der Waals surface area contributed by atoms with Gasteiger partial charge in [0.15, 0.2) is 0 Å². The molecule has 0 heterocycles. The van der Waals surface area contributed by atoms with Crippen molar-refractivity contribution in [2.45, 2.75) is 52.0 Å². The molecule has 0 saturated heterocycles. The van der Waals surface area contributed by atoms with Crippen LogP contribution in [0.4, 0.5) is 0 Å². The Balaban J connectivity index is 0.000000384. The van der Waals surface area contributed by atoms with Gasteiger partial charge in [0.1, 0.15) is 0 Å². The van der Waals surface area contributed by atoms with Crippen molar-refractivity contribution >= 4 is 49.0 Å². The van der Waals surface area contributed by atoms with Crippen LogP contribution in [0.15, 0.2) is 121 Å². The number of carboxylic acids is 2. The van der Waals surface area contributed by atoms with E-state index in [1.165, 1.54) is 21.2 Å². The fraction of sp³-hybridized carbons (Fsp3) is 0.278. The van der Waals surface area contributed by atoms with Gasteiger partial charge in [-0.3, -0.25) is 0 Å². The predicted octanol–water partition coefficient (Wildman–Crippen LogP) is 5.11. The zero-order valence-corrected chi connectivity index (χ0v) is 29.2. The van der Waals surface area contributed by atoms with Gasteiger partial charge in [0.2, 0.25) is 0 Å². The van der Waals surface area contributed by atoms with Gasteiger partial charge in [-0.25, -0.2) is 0 Å². The van der Waals surface area contributed by atoms with E-state index in [-0.39, 0.29) is 0 Å². The van der Waals surface area contributed by atoms with Crippen molar-refractivity contribution < 1.29 is 38.1 Å². The van der Waals surface area contributed by atoms with E-state index in [9.17, 15) is 19.8 Å². The molecule has 0 saturated carbocycles. The Labute approximate surface area is 270 Å². The average Bonchev–Trinajstić information content (AvgIpc) is 2.98. The first-order chi connectivity index (χ1) is 20.3. The number of aliphatic carboxylic acids is 2. The van der Waals surface area contributed by atoms with Crippen molar-refractivity contribution in [2.24, 2.45) is 10.8 Å². The molecule has 0 spiro atoms. The molecule has 4 aromatic carbocycles. The summed E-state index contributed by atoms with van der Waals surface area (Å²) in [5, 5.41) is 27.3. The van der Waals surface area contributed by atoms with Crippen LogP contribution in [0.5, 0.6) is 0 Å². The maximum absolute atomic E-state index is 9.91. The normalized spacial score (nSPS) is 11.3. The molecule has 0 fully saturated rings. The Bertz CT molecular complexity index is 1190. The van der Waals surface area contributed by atoms with Gasteiger partial charge in [-0.05, 0) is 0 Å². The first-order valence-corrected chi connectivity index (χ1v) is 18.1. The van der Waals surface area contributed by atoms with Crippen LogP contribution >= 0.6 is 15.8 Å². The summed E-state index contributed by atoms with van der Waals surface area (Å²) in [4.78, 5) is 19.8. The van der Waals surface area contributed by atoms with Crippen molar-refractivity contribution in [2.75, 3.05) is 0 Å². The number of rotatable bonds is 7. The molecule has 227 valence electrons. The van der Waals surface area contributed by atoms with Gasteiger partial charge in [-0.1, -0.05) is 41.5 Å². The van der Waals surface area contributed by atoms with Crippen molar-refractivity contribution in [1.82, 2.24) is 0 Å². The van der Waals surface area contributed by atoms with Crippen LogP contribution in [0.3, 0.4) is 0 Å². The topological polar surface area (TPSA) is 80.3 Å². The number of carbonyl (C=O) groups is 2. The molecule has 0 N–H and O–H groups in total. The number of hydrogen-bond donors (Lipinski definition) is 0. The predicted molar refractivity (Wildman–Crippen MR) is 176 cm³/mol. The number of carboxylic acid groups (broad SMARTS) is 2. The van der Waals surface area contributed by atoms with Crippen molar-refractivity contribution in [3.05, 3.63) is 121 Å². The van der Waals surface area contributed by atoms with Crippen molar-refractivity contribution in [1.29, 1.82) is 0 Å². The SMILES string of the molecule is CC(C)(C)C(=O)[O-].CC(C)(C)C(=O)[O-].[Ru+2][CH2]C(P(c1ccccc1)c1ccccc1)P(c1ccccc1)c1ccccc1. The van der Waals surface area contributed by atoms with Crippen molar-refractivity contribution in [3.63, 3.8) is 0 Å². The second kappa shape index (κ2) is 17.6. The standard InChI is InChI=1S/C26H23P2.2C5H10O2.Ru/c1-22(27(23-14-6-2-7-15-23)24-16-8-3-9-17-24)28(25-18-10-4-11-19-25)26-20-12-5-13-21-26;2*1-5(2,3)4(6)7;/h2-22H,1H2;2*1-3H3,(H,6,7);/q;;;+2/p-2. The van der Waals surface area contributed by atoms with Gasteiger partial charge in [0, 0.05) is 22.8 Å². The molecule has 0 aliphatic carbocycles. The van der Waals surface area contributed by atoms with Crippen LogP contribution in [0.2, 0.25) is 5.02 Å². The van der Waals surface area contributed by atoms with Gasteiger partial charge in [0.25, 0.3) is 0 Å². The average molecular weight is 701 g/mol. The molecule has 0 unspecified atom stereocenters. The van der Waals surface area contributed by atoms with E-state index in [1.54, 1.807) is 41.5 Å². The Kier molecular flexibility index (Phi) is 14.9. The molecule has 43 heavy (non-hydrogen) atoms. The number of hydrogen-bond acceptors (Lipinski definition) is 4. The van der Waals surface area contributed by atoms with Crippen LogP contribution in [0.1, 0.15) is 41.5 Å². The van der Waals surface area contributed by atoms with Crippen LogP contribution in [0, 0.1) is 10.8 Å². The molecule has 0 aliphatic rings. The van der Waals surface area contributed by atoms with E-state index >= 15 is 0 Å². The Morgan fingerprint density at radius 3 is 0.860 bits per heavy atom. The molecule has 0 aromatic heterocycles. The van der Waals surface area contributed by atoms with Crippen molar-refractivity contribution in [3.8, 4) is 0 Å². The van der Waals surface area contributed by atoms with E-state index < -0.39 is 38.6 Å². The summed E-state index contributed by atoms with van der Waals surface area (Å²) in [6.45, 7) is 9.60. The first kappa shape index (κ1) is 36.5. The molecule has 0 atom stereocenters. The van der Waals surface area contributed by atoms with Crippen LogP contribution < -0.4 is 31.4 Å². The van der Waals surface area contributed by atoms with E-state index in [1.807, 2.05) is 0 Å². The summed E-state index contributed by atoms with van der Waals surface area (Å²) >= 11 is 2.95. The third-order valence-electron chi connectivity index (χ3n) is 6.09.